The SMILES string of the molecule is COc1ccccc1C(=O)NNC(=S)NC(=O)C1CCCCC1. The van der Waals surface area contributed by atoms with E-state index in [1.807, 2.05) is 0 Å². The van der Waals surface area contributed by atoms with Crippen molar-refractivity contribution in [1.82, 2.24) is 16.2 Å². The Hall–Kier alpha value is -2.15. The van der Waals surface area contributed by atoms with Gasteiger partial charge in [0.05, 0.1) is 12.7 Å². The van der Waals surface area contributed by atoms with E-state index in [2.05, 4.69) is 16.2 Å². The molecule has 1 aliphatic rings. The number of rotatable bonds is 3. The lowest BCUT2D eigenvalue weighted by Gasteiger charge is -2.21. The minimum atomic E-state index is -0.392. The molecule has 0 heterocycles. The van der Waals surface area contributed by atoms with Crippen LogP contribution >= 0.6 is 12.2 Å². The third kappa shape index (κ3) is 4.92. The van der Waals surface area contributed by atoms with Crippen molar-refractivity contribution in [2.75, 3.05) is 7.11 Å². The first-order valence-electron chi connectivity index (χ1n) is 7.66. The third-order valence-electron chi connectivity index (χ3n) is 3.85. The van der Waals surface area contributed by atoms with Gasteiger partial charge in [0.1, 0.15) is 5.75 Å². The Morgan fingerprint density at radius 3 is 2.52 bits per heavy atom. The van der Waals surface area contributed by atoms with Crippen molar-refractivity contribution in [3.05, 3.63) is 29.8 Å². The Labute approximate surface area is 140 Å². The Morgan fingerprint density at radius 2 is 1.83 bits per heavy atom. The van der Waals surface area contributed by atoms with Crippen LogP contribution in [0.25, 0.3) is 0 Å². The molecule has 1 saturated carbocycles. The van der Waals surface area contributed by atoms with Crippen LogP contribution in [-0.4, -0.2) is 24.0 Å². The third-order valence-corrected chi connectivity index (χ3v) is 4.06. The molecule has 1 aliphatic carbocycles. The summed E-state index contributed by atoms with van der Waals surface area (Å²) < 4.78 is 5.13. The zero-order valence-corrected chi connectivity index (χ0v) is 13.9. The molecule has 0 spiro atoms. The highest BCUT2D eigenvalue weighted by Gasteiger charge is 2.21. The van der Waals surface area contributed by atoms with Gasteiger partial charge in [-0.3, -0.25) is 20.4 Å². The van der Waals surface area contributed by atoms with E-state index in [0.29, 0.717) is 11.3 Å². The van der Waals surface area contributed by atoms with Crippen LogP contribution < -0.4 is 20.9 Å². The molecule has 0 aromatic heterocycles. The largest absolute Gasteiger partial charge is 0.496 e. The van der Waals surface area contributed by atoms with Gasteiger partial charge in [0.25, 0.3) is 5.91 Å². The van der Waals surface area contributed by atoms with E-state index in [1.54, 1.807) is 24.3 Å². The number of para-hydroxylation sites is 1. The highest BCUT2D eigenvalue weighted by molar-refractivity contribution is 7.80. The summed E-state index contributed by atoms with van der Waals surface area (Å²) in [5.41, 5.74) is 5.38. The summed E-state index contributed by atoms with van der Waals surface area (Å²) in [5.74, 6) is -0.0113. The first-order valence-corrected chi connectivity index (χ1v) is 8.07. The molecule has 0 aliphatic heterocycles. The normalized spacial score (nSPS) is 14.7. The van der Waals surface area contributed by atoms with Crippen LogP contribution in [0.15, 0.2) is 24.3 Å². The molecule has 2 amide bonds. The fraction of sp³-hybridized carbons (Fsp3) is 0.438. The van der Waals surface area contributed by atoms with Gasteiger partial charge < -0.3 is 10.1 Å². The average Bonchev–Trinajstić information content (AvgIpc) is 2.60. The quantitative estimate of drug-likeness (QED) is 0.581. The maximum absolute atomic E-state index is 12.1. The van der Waals surface area contributed by atoms with Crippen LogP contribution in [0, 0.1) is 5.92 Å². The molecule has 124 valence electrons. The van der Waals surface area contributed by atoms with Crippen molar-refractivity contribution < 1.29 is 14.3 Å². The zero-order chi connectivity index (χ0) is 16.7. The number of thiocarbonyl (C=S) groups is 1. The molecular weight excluding hydrogens is 314 g/mol. The molecule has 0 radical (unpaired) electrons. The van der Waals surface area contributed by atoms with Gasteiger partial charge in [0, 0.05) is 5.92 Å². The molecule has 1 aromatic carbocycles. The average molecular weight is 335 g/mol. The molecule has 7 heteroatoms. The second-order valence-electron chi connectivity index (χ2n) is 5.43. The van der Waals surface area contributed by atoms with Gasteiger partial charge >= 0.3 is 0 Å². The highest BCUT2D eigenvalue weighted by atomic mass is 32.1. The molecule has 1 fully saturated rings. The smallest absolute Gasteiger partial charge is 0.273 e. The van der Waals surface area contributed by atoms with E-state index < -0.39 is 5.91 Å². The topological polar surface area (TPSA) is 79.5 Å². The maximum atomic E-state index is 12.1. The Morgan fingerprint density at radius 1 is 1.13 bits per heavy atom. The standard InChI is InChI=1S/C16H21N3O3S/c1-22-13-10-6-5-9-12(13)15(21)18-19-16(23)17-14(20)11-7-3-2-4-8-11/h5-6,9-11H,2-4,7-8H2,1H3,(H,18,21)(H2,17,19,20,23). The summed E-state index contributed by atoms with van der Waals surface area (Å²) in [6, 6.07) is 6.84. The lowest BCUT2D eigenvalue weighted by Crippen LogP contribution is -2.49. The van der Waals surface area contributed by atoms with Gasteiger partial charge in [-0.15, -0.1) is 0 Å². The van der Waals surface area contributed by atoms with E-state index in [0.717, 1.165) is 25.7 Å². The number of ether oxygens (including phenoxy) is 1. The fourth-order valence-electron chi connectivity index (χ4n) is 2.62. The van der Waals surface area contributed by atoms with E-state index in [4.69, 9.17) is 17.0 Å². The van der Waals surface area contributed by atoms with Gasteiger partial charge in [0.15, 0.2) is 5.11 Å². The van der Waals surface area contributed by atoms with Crippen LogP contribution in [0.2, 0.25) is 0 Å². The lowest BCUT2D eigenvalue weighted by atomic mass is 9.89. The molecule has 6 nitrogen and oxygen atoms in total. The first-order chi connectivity index (χ1) is 11.1. The van der Waals surface area contributed by atoms with Crippen molar-refractivity contribution in [2.45, 2.75) is 32.1 Å². The fourth-order valence-corrected chi connectivity index (χ4v) is 2.77. The number of benzene rings is 1. The van der Waals surface area contributed by atoms with E-state index in [-0.39, 0.29) is 16.9 Å². The minimum absolute atomic E-state index is 0.00780. The van der Waals surface area contributed by atoms with Gasteiger partial charge in [-0.2, -0.15) is 0 Å². The number of carbonyl (C=O) groups is 2. The Balaban J connectivity index is 1.81. The van der Waals surface area contributed by atoms with E-state index >= 15 is 0 Å². The van der Waals surface area contributed by atoms with Crippen molar-refractivity contribution in [2.24, 2.45) is 5.92 Å². The number of carbonyl (C=O) groups excluding carboxylic acids is 2. The minimum Gasteiger partial charge on any atom is -0.496 e. The molecule has 0 bridgehead atoms. The Kier molecular flexibility index (Phi) is 6.34. The summed E-state index contributed by atoms with van der Waals surface area (Å²) in [6.07, 6.45) is 5.11. The van der Waals surface area contributed by atoms with Crippen LogP contribution in [0.5, 0.6) is 5.75 Å². The van der Waals surface area contributed by atoms with Crippen molar-refractivity contribution in [3.8, 4) is 5.75 Å². The van der Waals surface area contributed by atoms with Crippen molar-refractivity contribution in [3.63, 3.8) is 0 Å². The molecule has 0 atom stereocenters. The lowest BCUT2D eigenvalue weighted by molar-refractivity contribution is -0.124. The van der Waals surface area contributed by atoms with Crippen LogP contribution in [0.3, 0.4) is 0 Å². The molecule has 0 unspecified atom stereocenters. The number of hydrazine groups is 1. The van der Waals surface area contributed by atoms with Crippen molar-refractivity contribution in [1.29, 1.82) is 0 Å². The number of hydrogen-bond donors (Lipinski definition) is 3. The number of nitrogens with one attached hydrogen (secondary N) is 3. The molecular formula is C16H21N3O3S. The monoisotopic (exact) mass is 335 g/mol. The van der Waals surface area contributed by atoms with Crippen LogP contribution in [0.4, 0.5) is 0 Å². The van der Waals surface area contributed by atoms with Gasteiger partial charge in [-0.25, -0.2) is 0 Å². The van der Waals surface area contributed by atoms with E-state index in [1.165, 1.54) is 13.5 Å². The summed E-state index contributed by atoms with van der Waals surface area (Å²) >= 11 is 5.04. The van der Waals surface area contributed by atoms with Crippen LogP contribution in [-0.2, 0) is 4.79 Å². The number of amides is 2. The second kappa shape index (κ2) is 8.47. The van der Waals surface area contributed by atoms with Crippen LogP contribution in [0.1, 0.15) is 42.5 Å². The molecule has 1 aromatic rings. The summed E-state index contributed by atoms with van der Waals surface area (Å²) in [5, 5.41) is 2.71. The van der Waals surface area contributed by atoms with Gasteiger partial charge in [-0.1, -0.05) is 31.4 Å². The van der Waals surface area contributed by atoms with Crippen molar-refractivity contribution >= 4 is 29.1 Å². The molecule has 23 heavy (non-hydrogen) atoms. The molecule has 0 saturated heterocycles. The second-order valence-corrected chi connectivity index (χ2v) is 5.84. The summed E-state index contributed by atoms with van der Waals surface area (Å²) in [7, 11) is 1.49. The molecule has 3 N–H and O–H groups in total. The summed E-state index contributed by atoms with van der Waals surface area (Å²) in [6.45, 7) is 0. The van der Waals surface area contributed by atoms with Gasteiger partial charge in [0.2, 0.25) is 5.91 Å². The summed E-state index contributed by atoms with van der Waals surface area (Å²) in [4.78, 5) is 24.1. The highest BCUT2D eigenvalue weighted by Crippen LogP contribution is 2.23. The predicted octanol–water partition coefficient (Wildman–Crippen LogP) is 1.91. The van der Waals surface area contributed by atoms with E-state index in [9.17, 15) is 9.59 Å². The maximum Gasteiger partial charge on any atom is 0.273 e. The number of hydrogen-bond acceptors (Lipinski definition) is 4. The zero-order valence-electron chi connectivity index (χ0n) is 13.1. The first kappa shape index (κ1) is 17.2. The molecule has 2 rings (SSSR count). The predicted molar refractivity (Wildman–Crippen MR) is 90.9 cm³/mol. The number of methoxy groups -OCH3 is 1. The van der Waals surface area contributed by atoms with Gasteiger partial charge in [-0.05, 0) is 37.2 Å². The Bertz CT molecular complexity index is 586.